The van der Waals surface area contributed by atoms with Crippen LogP contribution in [-0.2, 0) is 20.8 Å². The van der Waals surface area contributed by atoms with Gasteiger partial charge in [0.05, 0.1) is 31.6 Å². The summed E-state index contributed by atoms with van der Waals surface area (Å²) < 4.78 is 5.50. The molecule has 0 bridgehead atoms. The van der Waals surface area contributed by atoms with E-state index in [-0.39, 0.29) is 42.4 Å². The molecule has 2 atom stereocenters. The van der Waals surface area contributed by atoms with Crippen molar-refractivity contribution in [3.63, 3.8) is 0 Å². The summed E-state index contributed by atoms with van der Waals surface area (Å²) >= 11 is 0. The van der Waals surface area contributed by atoms with Crippen molar-refractivity contribution in [2.24, 2.45) is 5.92 Å². The monoisotopic (exact) mass is 515 g/mol. The van der Waals surface area contributed by atoms with Crippen LogP contribution in [0.1, 0.15) is 48.8 Å². The summed E-state index contributed by atoms with van der Waals surface area (Å²) in [5, 5.41) is 18.3. The second-order valence-electron chi connectivity index (χ2n) is 9.84. The Labute approximate surface area is 222 Å². The van der Waals surface area contributed by atoms with E-state index in [2.05, 4.69) is 16.0 Å². The molecular formula is C30H33N3O5. The third-order valence-corrected chi connectivity index (χ3v) is 6.86. The maximum atomic E-state index is 13.0. The molecule has 0 saturated carbocycles. The largest absolute Gasteiger partial charge is 0.495 e. The zero-order valence-electron chi connectivity index (χ0n) is 21.8. The molecule has 38 heavy (non-hydrogen) atoms. The molecule has 0 saturated heterocycles. The number of nitrogens with one attached hydrogen (secondary N) is 3. The van der Waals surface area contributed by atoms with Gasteiger partial charge in [-0.25, -0.2) is 0 Å². The van der Waals surface area contributed by atoms with E-state index in [0.29, 0.717) is 23.7 Å². The number of hydrogen-bond acceptors (Lipinski definition) is 5. The van der Waals surface area contributed by atoms with Gasteiger partial charge >= 0.3 is 5.97 Å². The molecule has 8 heteroatoms. The lowest BCUT2D eigenvalue weighted by Gasteiger charge is -2.19. The van der Waals surface area contributed by atoms with Gasteiger partial charge < -0.3 is 25.8 Å². The molecule has 1 heterocycles. The van der Waals surface area contributed by atoms with Crippen molar-refractivity contribution in [1.29, 1.82) is 0 Å². The van der Waals surface area contributed by atoms with E-state index in [0.717, 1.165) is 22.4 Å². The number of ether oxygens (including phenoxy) is 1. The van der Waals surface area contributed by atoms with Gasteiger partial charge in [-0.15, -0.1) is 0 Å². The van der Waals surface area contributed by atoms with Crippen LogP contribution < -0.4 is 20.7 Å². The SMILES string of the molecule is COc1cc(CC(=O)Nc2ccc(C(CC(=O)O)C(C)C)cc2)ccc1NC(=O)C1CNc2ccccc21. The number of carboxylic acids is 1. The van der Waals surface area contributed by atoms with Crippen LogP contribution in [0, 0.1) is 5.92 Å². The normalized spacial score (nSPS) is 14.8. The number of benzene rings is 3. The molecule has 0 radical (unpaired) electrons. The minimum absolute atomic E-state index is 0.0620. The lowest BCUT2D eigenvalue weighted by molar-refractivity contribution is -0.137. The highest BCUT2D eigenvalue weighted by atomic mass is 16.5. The van der Waals surface area contributed by atoms with E-state index >= 15 is 0 Å². The van der Waals surface area contributed by atoms with Gasteiger partial charge in [0.2, 0.25) is 11.8 Å². The minimum atomic E-state index is -0.831. The molecule has 1 aliphatic heterocycles. The number of para-hydroxylation sites is 1. The van der Waals surface area contributed by atoms with Gasteiger partial charge in [0.1, 0.15) is 5.75 Å². The molecule has 1 aliphatic rings. The molecule has 3 aromatic rings. The highest BCUT2D eigenvalue weighted by molar-refractivity contribution is 5.99. The van der Waals surface area contributed by atoms with Crippen molar-refractivity contribution in [3.8, 4) is 5.75 Å². The van der Waals surface area contributed by atoms with Crippen molar-refractivity contribution < 1.29 is 24.2 Å². The van der Waals surface area contributed by atoms with Gasteiger partial charge in [-0.3, -0.25) is 14.4 Å². The maximum absolute atomic E-state index is 13.0. The summed E-state index contributed by atoms with van der Waals surface area (Å²) in [6.45, 7) is 4.53. The standard InChI is InChI=1S/C30H33N3O5/c1-18(2)23(16-29(35)36)20-9-11-21(12-10-20)32-28(34)15-19-8-13-26(27(14-19)38-3)33-30(37)24-17-31-25-7-5-4-6-22(24)25/h4-14,18,23-24,31H,15-17H2,1-3H3,(H,32,34)(H,33,37)(H,35,36). The highest BCUT2D eigenvalue weighted by Crippen LogP contribution is 2.34. The smallest absolute Gasteiger partial charge is 0.303 e. The number of anilines is 3. The van der Waals surface area contributed by atoms with Crippen LogP contribution in [-0.4, -0.2) is 36.5 Å². The van der Waals surface area contributed by atoms with Crippen LogP contribution in [0.25, 0.3) is 0 Å². The first-order valence-electron chi connectivity index (χ1n) is 12.7. The first-order chi connectivity index (χ1) is 18.2. The average Bonchev–Trinajstić information content (AvgIpc) is 3.33. The van der Waals surface area contributed by atoms with Gasteiger partial charge in [-0.2, -0.15) is 0 Å². The number of fused-ring (bicyclic) bond motifs is 1. The Balaban J connectivity index is 1.38. The molecule has 0 spiro atoms. The van der Waals surface area contributed by atoms with Gasteiger partial charge in [-0.1, -0.05) is 50.2 Å². The van der Waals surface area contributed by atoms with E-state index in [1.807, 2.05) is 50.2 Å². The third-order valence-electron chi connectivity index (χ3n) is 6.86. The fourth-order valence-corrected chi connectivity index (χ4v) is 4.82. The number of amides is 2. The molecule has 8 nitrogen and oxygen atoms in total. The zero-order valence-corrected chi connectivity index (χ0v) is 21.8. The zero-order chi connectivity index (χ0) is 27.2. The van der Waals surface area contributed by atoms with Crippen molar-refractivity contribution >= 4 is 34.8 Å². The second-order valence-corrected chi connectivity index (χ2v) is 9.84. The molecule has 3 aromatic carbocycles. The Bertz CT molecular complexity index is 1320. The van der Waals surface area contributed by atoms with Crippen molar-refractivity contribution in [2.45, 2.75) is 38.5 Å². The first-order valence-corrected chi connectivity index (χ1v) is 12.7. The first kappa shape index (κ1) is 26.7. The number of hydrogen-bond donors (Lipinski definition) is 4. The molecule has 0 fully saturated rings. The van der Waals surface area contributed by atoms with E-state index in [4.69, 9.17) is 4.74 Å². The van der Waals surface area contributed by atoms with Crippen LogP contribution in [0.3, 0.4) is 0 Å². The van der Waals surface area contributed by atoms with Crippen LogP contribution in [0.4, 0.5) is 17.1 Å². The van der Waals surface area contributed by atoms with Crippen LogP contribution in [0.2, 0.25) is 0 Å². The minimum Gasteiger partial charge on any atom is -0.495 e. The predicted molar refractivity (Wildman–Crippen MR) is 148 cm³/mol. The third kappa shape index (κ3) is 6.32. The van der Waals surface area contributed by atoms with E-state index in [9.17, 15) is 19.5 Å². The van der Waals surface area contributed by atoms with Crippen molar-refractivity contribution in [3.05, 3.63) is 83.4 Å². The van der Waals surface area contributed by atoms with Crippen LogP contribution >= 0.6 is 0 Å². The van der Waals surface area contributed by atoms with Crippen molar-refractivity contribution in [1.82, 2.24) is 0 Å². The summed E-state index contributed by atoms with van der Waals surface area (Å²) in [5.41, 5.74) is 4.78. The summed E-state index contributed by atoms with van der Waals surface area (Å²) in [5.74, 6) is -0.890. The molecule has 198 valence electrons. The van der Waals surface area contributed by atoms with Crippen LogP contribution in [0.15, 0.2) is 66.7 Å². The fraction of sp³-hybridized carbons (Fsp3) is 0.300. The maximum Gasteiger partial charge on any atom is 0.303 e. The number of rotatable bonds is 10. The van der Waals surface area contributed by atoms with Gasteiger partial charge in [0.25, 0.3) is 0 Å². The molecule has 0 aliphatic carbocycles. The molecule has 0 aromatic heterocycles. The molecule has 2 amide bonds. The highest BCUT2D eigenvalue weighted by Gasteiger charge is 2.28. The van der Waals surface area contributed by atoms with Crippen LogP contribution in [0.5, 0.6) is 5.75 Å². The van der Waals surface area contributed by atoms with Gasteiger partial charge in [-0.05, 0) is 58.9 Å². The Morgan fingerprint density at radius 1 is 1.03 bits per heavy atom. The number of carboxylic acid groups (broad SMARTS) is 1. The quantitative estimate of drug-likeness (QED) is 0.293. The van der Waals surface area contributed by atoms with Gasteiger partial charge in [0, 0.05) is 17.9 Å². The summed E-state index contributed by atoms with van der Waals surface area (Å²) in [6.07, 6.45) is 0.187. The molecule has 4 rings (SSSR count). The number of aliphatic carboxylic acids is 1. The second kappa shape index (κ2) is 11.8. The number of carbonyl (C=O) groups is 3. The van der Waals surface area contributed by atoms with E-state index in [1.54, 1.807) is 30.3 Å². The van der Waals surface area contributed by atoms with E-state index < -0.39 is 5.97 Å². The Kier molecular flexibility index (Phi) is 8.31. The lowest BCUT2D eigenvalue weighted by atomic mass is 9.86. The molecule has 4 N–H and O–H groups in total. The Hall–Kier alpha value is -4.33. The number of methoxy groups -OCH3 is 1. The average molecular weight is 516 g/mol. The molecular weight excluding hydrogens is 482 g/mol. The summed E-state index contributed by atoms with van der Waals surface area (Å²) in [7, 11) is 1.53. The van der Waals surface area contributed by atoms with Crippen molar-refractivity contribution in [2.75, 3.05) is 29.6 Å². The Morgan fingerprint density at radius 2 is 1.76 bits per heavy atom. The lowest BCUT2D eigenvalue weighted by Crippen LogP contribution is -2.23. The predicted octanol–water partition coefficient (Wildman–Crippen LogP) is 5.24. The topological polar surface area (TPSA) is 117 Å². The Morgan fingerprint density at radius 3 is 2.45 bits per heavy atom. The van der Waals surface area contributed by atoms with Gasteiger partial charge in [0.15, 0.2) is 0 Å². The molecule has 2 unspecified atom stereocenters. The summed E-state index contributed by atoms with van der Waals surface area (Å²) in [6, 6.07) is 20.4. The number of carbonyl (C=O) groups excluding carboxylic acids is 2. The fourth-order valence-electron chi connectivity index (χ4n) is 4.82. The summed E-state index contributed by atoms with van der Waals surface area (Å²) in [4.78, 5) is 36.9. The van der Waals surface area contributed by atoms with E-state index in [1.165, 1.54) is 7.11 Å².